The van der Waals surface area contributed by atoms with Crippen molar-refractivity contribution in [2.75, 3.05) is 16.0 Å². The summed E-state index contributed by atoms with van der Waals surface area (Å²) >= 11 is 1.53. The molecular weight excluding hydrogens is 522 g/mol. The van der Waals surface area contributed by atoms with Crippen molar-refractivity contribution in [2.24, 2.45) is 0 Å². The largest absolute Gasteiger partial charge is 0.326 e. The van der Waals surface area contributed by atoms with Crippen LogP contribution in [0.15, 0.2) is 103 Å². The highest BCUT2D eigenvalue weighted by molar-refractivity contribution is 7.15. The van der Waals surface area contributed by atoms with E-state index in [-0.39, 0.29) is 11.8 Å². The smallest absolute Gasteiger partial charge is 0.255 e. The van der Waals surface area contributed by atoms with Gasteiger partial charge in [0.05, 0.1) is 11.4 Å². The highest BCUT2D eigenvalue weighted by atomic mass is 32.1. The molecule has 9 nitrogen and oxygen atoms in total. The lowest BCUT2D eigenvalue weighted by Gasteiger charge is -2.10. The summed E-state index contributed by atoms with van der Waals surface area (Å²) in [7, 11) is 0. The zero-order valence-corrected chi connectivity index (χ0v) is 22.1. The van der Waals surface area contributed by atoms with Gasteiger partial charge >= 0.3 is 0 Å². The standard InChI is InChI=1S/C30H23N7O2S/c1-19(38)32-23-11-6-12-24(18-23)34-29-31-14-13-25(35-29)27-26(36-30-37(27)15-16-40-30)21-9-5-10-22(17-21)33-28(39)20-7-3-2-4-8-20/h2-18H,1H3,(H,32,38)(H,33,39)(H,31,34,35). The molecule has 10 heteroatoms. The predicted molar refractivity (Wildman–Crippen MR) is 158 cm³/mol. The van der Waals surface area contributed by atoms with E-state index in [0.717, 1.165) is 27.6 Å². The molecule has 6 aromatic rings. The Balaban J connectivity index is 1.34. The van der Waals surface area contributed by atoms with Crippen molar-refractivity contribution in [1.29, 1.82) is 0 Å². The maximum atomic E-state index is 12.7. The van der Waals surface area contributed by atoms with E-state index in [1.165, 1.54) is 18.3 Å². The number of hydrogen-bond donors (Lipinski definition) is 3. The average Bonchev–Trinajstić information content (AvgIpc) is 3.55. The summed E-state index contributed by atoms with van der Waals surface area (Å²) in [5.74, 6) is 0.0718. The number of hydrogen-bond acceptors (Lipinski definition) is 7. The number of amides is 2. The fourth-order valence-electron chi connectivity index (χ4n) is 4.33. The van der Waals surface area contributed by atoms with Gasteiger partial charge in [0, 0.05) is 52.9 Å². The van der Waals surface area contributed by atoms with E-state index in [9.17, 15) is 9.59 Å². The lowest BCUT2D eigenvalue weighted by Crippen LogP contribution is -2.11. The fraction of sp³-hybridized carbons (Fsp3) is 0.0333. The maximum absolute atomic E-state index is 12.7. The van der Waals surface area contributed by atoms with Crippen molar-refractivity contribution in [3.8, 4) is 22.6 Å². The monoisotopic (exact) mass is 545 g/mol. The number of nitrogens with zero attached hydrogens (tertiary/aromatic N) is 4. The third-order valence-corrected chi connectivity index (χ3v) is 6.79. The SMILES string of the molecule is CC(=O)Nc1cccc(Nc2nccc(-c3c(-c4cccc(NC(=O)c5ccccc5)c4)nc4sccn34)n2)c1. The summed E-state index contributed by atoms with van der Waals surface area (Å²) in [6.45, 7) is 1.47. The first-order valence-electron chi connectivity index (χ1n) is 12.4. The summed E-state index contributed by atoms with van der Waals surface area (Å²) in [6, 6.07) is 25.9. The maximum Gasteiger partial charge on any atom is 0.255 e. The van der Waals surface area contributed by atoms with Crippen molar-refractivity contribution < 1.29 is 9.59 Å². The van der Waals surface area contributed by atoms with Crippen LogP contribution in [0.25, 0.3) is 27.6 Å². The molecule has 3 aromatic carbocycles. The Morgan fingerprint density at radius 1 is 0.825 bits per heavy atom. The van der Waals surface area contributed by atoms with Crippen LogP contribution in [0, 0.1) is 0 Å². The van der Waals surface area contributed by atoms with Crippen molar-refractivity contribution in [2.45, 2.75) is 6.92 Å². The van der Waals surface area contributed by atoms with Gasteiger partial charge in [0.2, 0.25) is 11.9 Å². The number of fused-ring (bicyclic) bond motifs is 1. The Morgan fingerprint density at radius 2 is 1.60 bits per heavy atom. The topological polar surface area (TPSA) is 113 Å². The van der Waals surface area contributed by atoms with Crippen molar-refractivity contribution in [1.82, 2.24) is 19.4 Å². The second-order valence-corrected chi connectivity index (χ2v) is 9.79. The molecule has 0 aliphatic heterocycles. The van der Waals surface area contributed by atoms with Crippen LogP contribution in [0.4, 0.5) is 23.0 Å². The number of rotatable bonds is 7. The highest BCUT2D eigenvalue weighted by Crippen LogP contribution is 2.35. The Morgan fingerprint density at radius 3 is 2.42 bits per heavy atom. The average molecular weight is 546 g/mol. The van der Waals surface area contributed by atoms with Gasteiger partial charge in [-0.1, -0.05) is 36.4 Å². The van der Waals surface area contributed by atoms with Gasteiger partial charge in [-0.05, 0) is 48.5 Å². The van der Waals surface area contributed by atoms with E-state index < -0.39 is 0 Å². The van der Waals surface area contributed by atoms with E-state index >= 15 is 0 Å². The minimum atomic E-state index is -0.183. The van der Waals surface area contributed by atoms with Crippen LogP contribution >= 0.6 is 11.3 Å². The molecular formula is C30H23N7O2S. The Labute approximate surface area is 233 Å². The molecule has 0 unspecified atom stereocenters. The molecule has 196 valence electrons. The van der Waals surface area contributed by atoms with E-state index in [1.54, 1.807) is 18.3 Å². The molecule has 6 rings (SSSR count). The molecule has 0 aliphatic carbocycles. The van der Waals surface area contributed by atoms with Gasteiger partial charge in [-0.15, -0.1) is 11.3 Å². The molecule has 40 heavy (non-hydrogen) atoms. The van der Waals surface area contributed by atoms with E-state index in [0.29, 0.717) is 28.6 Å². The Hall–Kier alpha value is -5.35. The quantitative estimate of drug-likeness (QED) is 0.212. The summed E-state index contributed by atoms with van der Waals surface area (Å²) in [5.41, 5.74) is 5.71. The normalized spacial score (nSPS) is 10.8. The van der Waals surface area contributed by atoms with Crippen LogP contribution < -0.4 is 16.0 Å². The molecule has 3 N–H and O–H groups in total. The van der Waals surface area contributed by atoms with Crippen LogP contribution in [0.3, 0.4) is 0 Å². The first-order chi connectivity index (χ1) is 19.5. The number of carbonyl (C=O) groups is 2. The summed E-state index contributed by atoms with van der Waals surface area (Å²) in [5, 5.41) is 10.9. The van der Waals surface area contributed by atoms with Crippen LogP contribution in [0.1, 0.15) is 17.3 Å². The molecule has 0 atom stereocenters. The van der Waals surface area contributed by atoms with Gasteiger partial charge in [-0.25, -0.2) is 15.0 Å². The van der Waals surface area contributed by atoms with Gasteiger partial charge in [0.25, 0.3) is 5.91 Å². The minimum Gasteiger partial charge on any atom is -0.326 e. The Kier molecular flexibility index (Phi) is 6.73. The summed E-state index contributed by atoms with van der Waals surface area (Å²) in [4.78, 5) is 39.1. The molecule has 0 fully saturated rings. The van der Waals surface area contributed by atoms with Gasteiger partial charge in [0.15, 0.2) is 4.96 Å². The summed E-state index contributed by atoms with van der Waals surface area (Å²) < 4.78 is 2.00. The summed E-state index contributed by atoms with van der Waals surface area (Å²) in [6.07, 6.45) is 3.65. The highest BCUT2D eigenvalue weighted by Gasteiger charge is 2.19. The molecule has 0 aliphatic rings. The second kappa shape index (κ2) is 10.8. The molecule has 0 bridgehead atoms. The molecule has 3 heterocycles. The lowest BCUT2D eigenvalue weighted by molar-refractivity contribution is -0.114. The molecule has 2 amide bonds. The second-order valence-electron chi connectivity index (χ2n) is 8.92. The first kappa shape index (κ1) is 25.0. The number of anilines is 4. The van der Waals surface area contributed by atoms with E-state index in [1.807, 2.05) is 88.8 Å². The van der Waals surface area contributed by atoms with Gasteiger partial charge < -0.3 is 16.0 Å². The van der Waals surface area contributed by atoms with Gasteiger partial charge in [-0.2, -0.15) is 0 Å². The fourth-order valence-corrected chi connectivity index (χ4v) is 5.04. The molecule has 0 saturated carbocycles. The number of benzene rings is 3. The minimum absolute atomic E-state index is 0.146. The number of aromatic nitrogens is 4. The number of carbonyl (C=O) groups excluding carboxylic acids is 2. The predicted octanol–water partition coefficient (Wildman–Crippen LogP) is 6.47. The number of imidazole rings is 1. The van der Waals surface area contributed by atoms with Crippen molar-refractivity contribution in [3.05, 3.63) is 108 Å². The van der Waals surface area contributed by atoms with E-state index in [2.05, 4.69) is 20.9 Å². The molecule has 0 spiro atoms. The van der Waals surface area contributed by atoms with Crippen molar-refractivity contribution in [3.63, 3.8) is 0 Å². The van der Waals surface area contributed by atoms with Crippen LogP contribution in [-0.4, -0.2) is 31.2 Å². The lowest BCUT2D eigenvalue weighted by atomic mass is 10.1. The van der Waals surface area contributed by atoms with Crippen LogP contribution in [0.2, 0.25) is 0 Å². The molecule has 0 radical (unpaired) electrons. The molecule has 0 saturated heterocycles. The van der Waals surface area contributed by atoms with Gasteiger partial charge in [-0.3, -0.25) is 14.0 Å². The first-order valence-corrected chi connectivity index (χ1v) is 13.3. The van der Waals surface area contributed by atoms with Crippen LogP contribution in [-0.2, 0) is 4.79 Å². The zero-order chi connectivity index (χ0) is 27.5. The van der Waals surface area contributed by atoms with E-state index in [4.69, 9.17) is 9.97 Å². The number of thiazole rings is 1. The zero-order valence-electron chi connectivity index (χ0n) is 21.3. The number of nitrogens with one attached hydrogen (secondary N) is 3. The third-order valence-electron chi connectivity index (χ3n) is 6.03. The Bertz CT molecular complexity index is 1850. The molecule has 3 aromatic heterocycles. The van der Waals surface area contributed by atoms with Crippen LogP contribution in [0.5, 0.6) is 0 Å². The van der Waals surface area contributed by atoms with Gasteiger partial charge in [0.1, 0.15) is 5.69 Å². The third kappa shape index (κ3) is 5.29. The van der Waals surface area contributed by atoms with Crippen molar-refractivity contribution >= 4 is 51.1 Å².